The lowest BCUT2D eigenvalue weighted by Crippen LogP contribution is -2.46. The van der Waals surface area contributed by atoms with Crippen LogP contribution in [0, 0.1) is 0 Å². The molecule has 1 atom stereocenters. The normalized spacial score (nSPS) is 17.4. The van der Waals surface area contributed by atoms with Crippen LogP contribution in [0.2, 0.25) is 0 Å². The Morgan fingerprint density at radius 2 is 2.29 bits per heavy atom. The Hall–Kier alpha value is -1.58. The van der Waals surface area contributed by atoms with Crippen molar-refractivity contribution in [2.24, 2.45) is 4.99 Å². The van der Waals surface area contributed by atoms with Gasteiger partial charge in [0.2, 0.25) is 11.8 Å². The molecule has 1 aromatic heterocycles. The first-order valence-electron chi connectivity index (χ1n) is 7.91. The van der Waals surface area contributed by atoms with Crippen molar-refractivity contribution >= 4 is 35.8 Å². The van der Waals surface area contributed by atoms with E-state index in [0.29, 0.717) is 5.88 Å². The smallest absolute Gasteiger partial charge is 0.239 e. The molecule has 1 unspecified atom stereocenters. The first kappa shape index (κ1) is 20.5. The average Bonchev–Trinajstić information content (AvgIpc) is 2.96. The number of nitrogens with one attached hydrogen (secondary N) is 2. The number of carbonyl (C=O) groups excluding carboxylic acids is 1. The van der Waals surface area contributed by atoms with Gasteiger partial charge in [0.15, 0.2) is 5.96 Å². The maximum absolute atomic E-state index is 11.7. The Morgan fingerprint density at radius 1 is 1.50 bits per heavy atom. The quantitative estimate of drug-likeness (QED) is 0.404. The zero-order chi connectivity index (χ0) is 16.7. The number of rotatable bonds is 5. The van der Waals surface area contributed by atoms with Crippen LogP contribution in [-0.2, 0) is 4.79 Å². The second-order valence-electron chi connectivity index (χ2n) is 5.77. The summed E-state index contributed by atoms with van der Waals surface area (Å²) >= 11 is 0. The predicted octanol–water partition coefficient (Wildman–Crippen LogP) is 1.25. The number of aromatic nitrogens is 1. The fourth-order valence-corrected chi connectivity index (χ4v) is 2.47. The van der Waals surface area contributed by atoms with E-state index in [9.17, 15) is 4.79 Å². The molecule has 2 rings (SSSR count). The summed E-state index contributed by atoms with van der Waals surface area (Å²) in [4.78, 5) is 22.2. The second-order valence-corrected chi connectivity index (χ2v) is 5.77. The summed E-state index contributed by atoms with van der Waals surface area (Å²) < 4.78 is 5.86. The van der Waals surface area contributed by atoms with E-state index in [1.54, 1.807) is 13.2 Å². The van der Waals surface area contributed by atoms with E-state index in [4.69, 9.17) is 4.74 Å². The first-order chi connectivity index (χ1) is 11.1. The van der Waals surface area contributed by atoms with Crippen LogP contribution < -0.4 is 15.4 Å². The zero-order valence-corrected chi connectivity index (χ0v) is 16.7. The van der Waals surface area contributed by atoms with Crippen LogP contribution in [-0.4, -0.2) is 60.6 Å². The summed E-state index contributed by atoms with van der Waals surface area (Å²) in [6.45, 7) is 5.65. The van der Waals surface area contributed by atoms with Gasteiger partial charge < -0.3 is 20.3 Å². The van der Waals surface area contributed by atoms with E-state index >= 15 is 0 Å². The molecule has 0 radical (unpaired) electrons. The van der Waals surface area contributed by atoms with Gasteiger partial charge in [-0.1, -0.05) is 6.07 Å². The molecule has 1 aliphatic heterocycles. The third kappa shape index (κ3) is 6.50. The van der Waals surface area contributed by atoms with Gasteiger partial charge in [0.1, 0.15) is 6.10 Å². The molecule has 1 amide bonds. The number of ether oxygens (including phenoxy) is 1. The van der Waals surface area contributed by atoms with Crippen LogP contribution in [0.25, 0.3) is 0 Å². The number of aliphatic imine (C=N–C) groups is 1. The van der Waals surface area contributed by atoms with Crippen molar-refractivity contribution < 1.29 is 9.53 Å². The number of pyridine rings is 1. The molecule has 2 heterocycles. The van der Waals surface area contributed by atoms with Crippen molar-refractivity contribution in [1.82, 2.24) is 20.5 Å². The molecule has 7 nitrogen and oxygen atoms in total. The minimum absolute atomic E-state index is 0. The second kappa shape index (κ2) is 10.3. The van der Waals surface area contributed by atoms with Crippen LogP contribution in [0.5, 0.6) is 5.88 Å². The average molecular weight is 447 g/mol. The van der Waals surface area contributed by atoms with E-state index in [1.165, 1.54) is 0 Å². The molecule has 0 aliphatic carbocycles. The van der Waals surface area contributed by atoms with E-state index in [1.807, 2.05) is 32.0 Å². The number of nitrogens with zero attached hydrogens (tertiary/aromatic N) is 3. The van der Waals surface area contributed by atoms with Crippen molar-refractivity contribution in [2.45, 2.75) is 32.4 Å². The van der Waals surface area contributed by atoms with Gasteiger partial charge in [0.25, 0.3) is 0 Å². The monoisotopic (exact) mass is 447 g/mol. The first-order valence-corrected chi connectivity index (χ1v) is 7.91. The van der Waals surface area contributed by atoms with E-state index in [0.717, 1.165) is 25.5 Å². The Balaban J connectivity index is 0.00000288. The molecule has 1 aliphatic rings. The van der Waals surface area contributed by atoms with E-state index < -0.39 is 0 Å². The number of guanidine groups is 1. The van der Waals surface area contributed by atoms with Crippen LogP contribution in [0.4, 0.5) is 0 Å². The van der Waals surface area contributed by atoms with Crippen molar-refractivity contribution in [3.8, 4) is 5.88 Å². The Bertz CT molecular complexity index is 539. The summed E-state index contributed by atoms with van der Waals surface area (Å²) in [6.07, 6.45) is 2.69. The standard InChI is InChI=1S/C16H25N5O2.HI/c1-12(2)20-14(22)10-19-16(17-3)21-9-7-13(11-21)23-15-6-4-5-8-18-15;/h4-6,8,12-13H,7,9-11H2,1-3H3,(H,17,19)(H,20,22);1H. The minimum atomic E-state index is -0.0402. The molecule has 24 heavy (non-hydrogen) atoms. The van der Waals surface area contributed by atoms with Gasteiger partial charge in [-0.3, -0.25) is 9.79 Å². The third-order valence-electron chi connectivity index (χ3n) is 3.44. The van der Waals surface area contributed by atoms with Crippen LogP contribution in [0.15, 0.2) is 29.4 Å². The lowest BCUT2D eigenvalue weighted by Gasteiger charge is -2.21. The SMILES string of the molecule is CN=C(NCC(=O)NC(C)C)N1CCC(Oc2ccccn2)C1.I. The fraction of sp³-hybridized carbons (Fsp3) is 0.562. The number of hydrogen-bond donors (Lipinski definition) is 2. The number of halogens is 1. The van der Waals surface area contributed by atoms with Gasteiger partial charge in [-0.2, -0.15) is 0 Å². The number of carbonyl (C=O) groups is 1. The summed E-state index contributed by atoms with van der Waals surface area (Å²) in [5, 5.41) is 5.94. The zero-order valence-electron chi connectivity index (χ0n) is 14.4. The molecule has 0 bridgehead atoms. The highest BCUT2D eigenvalue weighted by molar-refractivity contribution is 14.0. The molecule has 0 spiro atoms. The maximum Gasteiger partial charge on any atom is 0.239 e. The fourth-order valence-electron chi connectivity index (χ4n) is 2.47. The van der Waals surface area contributed by atoms with Gasteiger partial charge >= 0.3 is 0 Å². The molecule has 134 valence electrons. The Morgan fingerprint density at radius 3 is 2.92 bits per heavy atom. The van der Waals surface area contributed by atoms with Crippen molar-refractivity contribution in [1.29, 1.82) is 0 Å². The molecule has 0 saturated carbocycles. The Labute approximate surface area is 160 Å². The summed E-state index contributed by atoms with van der Waals surface area (Å²) in [5.74, 6) is 1.32. The lowest BCUT2D eigenvalue weighted by molar-refractivity contribution is -0.120. The van der Waals surface area contributed by atoms with Gasteiger partial charge in [-0.15, -0.1) is 24.0 Å². The van der Waals surface area contributed by atoms with Gasteiger partial charge in [-0.25, -0.2) is 4.98 Å². The maximum atomic E-state index is 11.7. The van der Waals surface area contributed by atoms with Crippen molar-refractivity contribution in [3.63, 3.8) is 0 Å². The molecule has 8 heteroatoms. The van der Waals surface area contributed by atoms with Gasteiger partial charge in [0.05, 0.1) is 13.1 Å². The highest BCUT2D eigenvalue weighted by atomic mass is 127. The molecular weight excluding hydrogens is 421 g/mol. The summed E-state index contributed by atoms with van der Waals surface area (Å²) in [7, 11) is 1.72. The summed E-state index contributed by atoms with van der Waals surface area (Å²) in [6, 6.07) is 5.76. The summed E-state index contributed by atoms with van der Waals surface area (Å²) in [5.41, 5.74) is 0. The minimum Gasteiger partial charge on any atom is -0.472 e. The van der Waals surface area contributed by atoms with Crippen LogP contribution in [0.3, 0.4) is 0 Å². The highest BCUT2D eigenvalue weighted by Gasteiger charge is 2.26. The molecule has 1 fully saturated rings. The van der Waals surface area contributed by atoms with E-state index in [2.05, 4.69) is 25.5 Å². The van der Waals surface area contributed by atoms with Crippen molar-refractivity contribution in [2.75, 3.05) is 26.7 Å². The number of amides is 1. The molecular formula is C16H26IN5O2. The molecule has 2 N–H and O–H groups in total. The van der Waals surface area contributed by atoms with Gasteiger partial charge in [-0.05, 0) is 19.9 Å². The topological polar surface area (TPSA) is 78.9 Å². The van der Waals surface area contributed by atoms with E-state index in [-0.39, 0.29) is 48.6 Å². The molecule has 1 aromatic rings. The Kier molecular flexibility index (Phi) is 8.80. The van der Waals surface area contributed by atoms with Crippen molar-refractivity contribution in [3.05, 3.63) is 24.4 Å². The predicted molar refractivity (Wildman–Crippen MR) is 105 cm³/mol. The molecule has 0 aromatic carbocycles. The number of hydrogen-bond acceptors (Lipinski definition) is 4. The van der Waals surface area contributed by atoms with Gasteiger partial charge in [0, 0.05) is 38.3 Å². The lowest BCUT2D eigenvalue weighted by atomic mass is 10.3. The number of likely N-dealkylation sites (tertiary alicyclic amines) is 1. The largest absolute Gasteiger partial charge is 0.472 e. The third-order valence-corrected chi connectivity index (χ3v) is 3.44. The molecule has 1 saturated heterocycles. The highest BCUT2D eigenvalue weighted by Crippen LogP contribution is 2.16. The van der Waals surface area contributed by atoms with Crippen LogP contribution >= 0.6 is 24.0 Å². The van der Waals surface area contributed by atoms with Crippen LogP contribution in [0.1, 0.15) is 20.3 Å².